The van der Waals surface area contributed by atoms with Crippen molar-refractivity contribution >= 4 is 44.9 Å². The molecule has 0 N–H and O–H groups in total. The highest BCUT2D eigenvalue weighted by atomic mass is 33.1. The predicted octanol–water partition coefficient (Wildman–Crippen LogP) is 6.18. The molecule has 0 unspecified atom stereocenters. The molecule has 25 heavy (non-hydrogen) atoms. The minimum Gasteiger partial charge on any atom is -0.289 e. The van der Waals surface area contributed by atoms with Crippen LogP contribution in [0.3, 0.4) is 0 Å². The van der Waals surface area contributed by atoms with E-state index in [-0.39, 0.29) is 11.6 Å². The average Bonchev–Trinajstić information content (AvgIpc) is 3.02. The van der Waals surface area contributed by atoms with Gasteiger partial charge in [-0.1, -0.05) is 71.4 Å². The van der Waals surface area contributed by atoms with Gasteiger partial charge in [0.1, 0.15) is 0 Å². The van der Waals surface area contributed by atoms with Crippen molar-refractivity contribution in [1.29, 1.82) is 0 Å². The van der Waals surface area contributed by atoms with Crippen molar-refractivity contribution < 1.29 is 9.59 Å². The Morgan fingerprint density at radius 1 is 0.680 bits per heavy atom. The van der Waals surface area contributed by atoms with Crippen molar-refractivity contribution in [3.8, 4) is 0 Å². The molecule has 0 amide bonds. The minimum atomic E-state index is -0.0123. The van der Waals surface area contributed by atoms with Gasteiger partial charge in [0.25, 0.3) is 0 Å². The van der Waals surface area contributed by atoms with E-state index in [1.165, 1.54) is 33.3 Å². The second-order valence-corrected chi connectivity index (χ2v) is 9.47. The number of aryl methyl sites for hydroxylation is 2. The summed E-state index contributed by atoms with van der Waals surface area (Å²) in [6.07, 6.45) is 3.29. The quantitative estimate of drug-likeness (QED) is 0.357. The van der Waals surface area contributed by atoms with Crippen LogP contribution < -0.4 is 0 Å². The number of thioether (sulfide) groups is 1. The molecule has 3 rings (SSSR count). The van der Waals surface area contributed by atoms with Crippen molar-refractivity contribution in [3.63, 3.8) is 0 Å². The van der Waals surface area contributed by atoms with Crippen LogP contribution in [0.2, 0.25) is 0 Å². The summed E-state index contributed by atoms with van der Waals surface area (Å²) in [7, 11) is 3.03. The van der Waals surface area contributed by atoms with Gasteiger partial charge in [0.05, 0.1) is 8.47 Å². The molecule has 0 spiro atoms. The average molecular weight is 385 g/mol. The molecule has 1 heterocycles. The normalized spacial score (nSPS) is 17.2. The van der Waals surface area contributed by atoms with E-state index in [0.29, 0.717) is 11.1 Å². The summed E-state index contributed by atoms with van der Waals surface area (Å²) < 4.78 is 1.80. The zero-order chi connectivity index (χ0) is 17.8. The molecule has 0 aliphatic carbocycles. The van der Waals surface area contributed by atoms with Gasteiger partial charge in [-0.05, 0) is 35.4 Å². The molecule has 1 aliphatic rings. The second-order valence-electron chi connectivity index (χ2n) is 5.66. The Hall–Kier alpha value is -1.69. The van der Waals surface area contributed by atoms with Crippen LogP contribution in [0.4, 0.5) is 0 Å². The Kier molecular flexibility index (Phi) is 5.89. The van der Waals surface area contributed by atoms with Gasteiger partial charge in [0.2, 0.25) is 0 Å². The molecule has 2 aromatic rings. The SMILES string of the molecule is Cc1ccc(C(=O)/C=C2\SS/C(=C\C(=O)c3ccc(C)cc3)S2)cc1. The highest BCUT2D eigenvalue weighted by Crippen LogP contribution is 2.56. The lowest BCUT2D eigenvalue weighted by atomic mass is 10.1. The Labute approximate surface area is 159 Å². The smallest absolute Gasteiger partial charge is 0.187 e. The number of hydrogen-bond acceptors (Lipinski definition) is 5. The van der Waals surface area contributed by atoms with Gasteiger partial charge in [0, 0.05) is 23.3 Å². The standard InChI is InChI=1S/C20H16O2S3/c1-13-3-7-15(8-4-13)17(21)11-19-23-20(25-24-19)12-18(22)16-9-5-14(2)6-10-16/h3-12H,1-2H3/b19-11-,20-12-. The Morgan fingerprint density at radius 3 is 1.40 bits per heavy atom. The maximum atomic E-state index is 12.3. The van der Waals surface area contributed by atoms with Crippen LogP contribution in [0.25, 0.3) is 0 Å². The number of carbonyl (C=O) groups is 2. The van der Waals surface area contributed by atoms with Crippen LogP contribution in [-0.4, -0.2) is 11.6 Å². The maximum absolute atomic E-state index is 12.3. The van der Waals surface area contributed by atoms with Crippen LogP contribution in [0.5, 0.6) is 0 Å². The van der Waals surface area contributed by atoms with E-state index in [1.54, 1.807) is 12.2 Å². The number of hydrogen-bond donors (Lipinski definition) is 0. The van der Waals surface area contributed by atoms with Crippen LogP contribution in [0, 0.1) is 13.8 Å². The molecule has 0 bridgehead atoms. The summed E-state index contributed by atoms with van der Waals surface area (Å²) in [5.41, 5.74) is 3.61. The molecule has 0 saturated carbocycles. The summed E-state index contributed by atoms with van der Waals surface area (Å²) in [4.78, 5) is 24.6. The molecular formula is C20H16O2S3. The second kappa shape index (κ2) is 8.13. The summed E-state index contributed by atoms with van der Waals surface area (Å²) in [6, 6.07) is 15.1. The lowest BCUT2D eigenvalue weighted by Crippen LogP contribution is -1.94. The Balaban J connectivity index is 1.68. The van der Waals surface area contributed by atoms with Crippen LogP contribution >= 0.6 is 33.3 Å². The Morgan fingerprint density at radius 2 is 1.04 bits per heavy atom. The summed E-state index contributed by atoms with van der Waals surface area (Å²) in [5, 5.41) is 0. The van der Waals surface area contributed by atoms with Crippen LogP contribution in [0.1, 0.15) is 31.8 Å². The number of ketones is 2. The molecule has 0 atom stereocenters. The largest absolute Gasteiger partial charge is 0.289 e. The third-order valence-corrected chi connectivity index (χ3v) is 7.82. The molecule has 126 valence electrons. The fourth-order valence-electron chi connectivity index (χ4n) is 2.14. The molecule has 1 saturated heterocycles. The first-order chi connectivity index (χ1) is 12.0. The molecule has 2 aromatic carbocycles. The first-order valence-corrected chi connectivity index (χ1v) is 10.7. The molecule has 1 fully saturated rings. The van der Waals surface area contributed by atoms with E-state index < -0.39 is 0 Å². The van der Waals surface area contributed by atoms with E-state index in [4.69, 9.17) is 0 Å². The molecular weight excluding hydrogens is 368 g/mol. The first-order valence-electron chi connectivity index (χ1n) is 7.69. The van der Waals surface area contributed by atoms with E-state index >= 15 is 0 Å². The molecule has 2 nitrogen and oxygen atoms in total. The maximum Gasteiger partial charge on any atom is 0.187 e. The zero-order valence-electron chi connectivity index (χ0n) is 13.8. The van der Waals surface area contributed by atoms with Gasteiger partial charge in [-0.2, -0.15) is 0 Å². The number of benzene rings is 2. The number of allylic oxidation sites excluding steroid dienone is 2. The van der Waals surface area contributed by atoms with E-state index in [9.17, 15) is 9.59 Å². The van der Waals surface area contributed by atoms with E-state index in [2.05, 4.69) is 0 Å². The third-order valence-electron chi connectivity index (χ3n) is 3.58. The van der Waals surface area contributed by atoms with Gasteiger partial charge in [-0.15, -0.1) is 0 Å². The number of rotatable bonds is 4. The molecule has 0 radical (unpaired) electrons. The van der Waals surface area contributed by atoms with Crippen molar-refractivity contribution in [2.24, 2.45) is 0 Å². The van der Waals surface area contributed by atoms with Crippen LogP contribution in [0.15, 0.2) is 69.2 Å². The third kappa shape index (κ3) is 4.91. The molecule has 0 aromatic heterocycles. The zero-order valence-corrected chi connectivity index (χ0v) is 16.3. The van der Waals surface area contributed by atoms with Gasteiger partial charge in [0.15, 0.2) is 11.6 Å². The minimum absolute atomic E-state index is 0.0123. The number of carbonyl (C=O) groups excluding carboxylic acids is 2. The van der Waals surface area contributed by atoms with E-state index in [1.807, 2.05) is 62.4 Å². The fourth-order valence-corrected chi connectivity index (χ4v) is 6.12. The fraction of sp³-hybridized carbons (Fsp3) is 0.100. The first kappa shape index (κ1) is 18.1. The summed E-state index contributed by atoms with van der Waals surface area (Å²) in [5.74, 6) is -0.0246. The lowest BCUT2D eigenvalue weighted by molar-refractivity contribution is 0.103. The monoisotopic (exact) mass is 384 g/mol. The van der Waals surface area contributed by atoms with Crippen molar-refractivity contribution in [3.05, 3.63) is 91.4 Å². The van der Waals surface area contributed by atoms with Gasteiger partial charge in [-0.3, -0.25) is 9.59 Å². The van der Waals surface area contributed by atoms with E-state index in [0.717, 1.165) is 19.6 Å². The lowest BCUT2D eigenvalue weighted by Gasteiger charge is -1.98. The summed E-state index contributed by atoms with van der Waals surface area (Å²) >= 11 is 1.47. The van der Waals surface area contributed by atoms with Gasteiger partial charge >= 0.3 is 0 Å². The van der Waals surface area contributed by atoms with Crippen LogP contribution in [-0.2, 0) is 0 Å². The molecule has 5 heteroatoms. The van der Waals surface area contributed by atoms with Crippen molar-refractivity contribution in [1.82, 2.24) is 0 Å². The topological polar surface area (TPSA) is 34.1 Å². The van der Waals surface area contributed by atoms with Crippen molar-refractivity contribution in [2.75, 3.05) is 0 Å². The molecule has 1 aliphatic heterocycles. The Bertz CT molecular complexity index is 789. The highest BCUT2D eigenvalue weighted by Gasteiger charge is 2.19. The summed E-state index contributed by atoms with van der Waals surface area (Å²) in [6.45, 7) is 3.99. The van der Waals surface area contributed by atoms with Crippen molar-refractivity contribution in [2.45, 2.75) is 13.8 Å². The highest BCUT2D eigenvalue weighted by molar-refractivity contribution is 8.86. The van der Waals surface area contributed by atoms with Gasteiger partial charge < -0.3 is 0 Å². The predicted molar refractivity (Wildman–Crippen MR) is 110 cm³/mol. The van der Waals surface area contributed by atoms with Gasteiger partial charge in [-0.25, -0.2) is 0 Å².